The van der Waals surface area contributed by atoms with E-state index in [1.54, 1.807) is 12.1 Å². The molecule has 1 aromatic heterocycles. The molecule has 0 aliphatic carbocycles. The summed E-state index contributed by atoms with van der Waals surface area (Å²) >= 11 is 3.44. The first kappa shape index (κ1) is 24.1. The van der Waals surface area contributed by atoms with Crippen LogP contribution in [-0.2, 0) is 22.7 Å². The first-order chi connectivity index (χ1) is 16.9. The Morgan fingerprint density at radius 1 is 1.11 bits per heavy atom. The third-order valence-corrected chi connectivity index (χ3v) is 5.58. The van der Waals surface area contributed by atoms with Gasteiger partial charge in [0, 0.05) is 10.0 Å². The minimum Gasteiger partial charge on any atom is -0.493 e. The van der Waals surface area contributed by atoms with E-state index >= 15 is 0 Å². The molecule has 0 spiro atoms. The summed E-state index contributed by atoms with van der Waals surface area (Å²) in [6, 6.07) is 15.4. The van der Waals surface area contributed by atoms with E-state index in [1.807, 2.05) is 30.3 Å². The van der Waals surface area contributed by atoms with Gasteiger partial charge in [0.15, 0.2) is 11.5 Å². The Balaban J connectivity index is 1.59. The van der Waals surface area contributed by atoms with Gasteiger partial charge < -0.3 is 23.9 Å². The van der Waals surface area contributed by atoms with Gasteiger partial charge >= 0.3 is 12.0 Å². The van der Waals surface area contributed by atoms with Crippen molar-refractivity contribution in [2.75, 3.05) is 14.2 Å². The molecular weight excluding hydrogens is 520 g/mol. The second kappa shape index (κ2) is 10.5. The number of nitrogens with one attached hydrogen (secondary N) is 1. The zero-order chi connectivity index (χ0) is 24.9. The summed E-state index contributed by atoms with van der Waals surface area (Å²) in [4.78, 5) is 38.1. The number of furan rings is 1. The number of carbonyl (C=O) groups excluding carboxylic acids is 3. The maximum atomic E-state index is 13.0. The Hall–Kier alpha value is -4.05. The Bertz CT molecular complexity index is 1300. The topological polar surface area (TPSA) is 107 Å². The fourth-order valence-corrected chi connectivity index (χ4v) is 3.89. The number of rotatable bonds is 8. The van der Waals surface area contributed by atoms with Gasteiger partial charge in [0.2, 0.25) is 5.76 Å². The van der Waals surface area contributed by atoms with Gasteiger partial charge in [0.05, 0.1) is 20.8 Å². The summed E-state index contributed by atoms with van der Waals surface area (Å²) in [6.45, 7) is 0.126. The summed E-state index contributed by atoms with van der Waals surface area (Å²) in [6.07, 6.45) is 1.52. The summed E-state index contributed by atoms with van der Waals surface area (Å²) in [7, 11) is 2.75. The maximum Gasteiger partial charge on any atom is 0.373 e. The molecule has 0 unspecified atom stereocenters. The van der Waals surface area contributed by atoms with E-state index in [-0.39, 0.29) is 30.4 Å². The van der Waals surface area contributed by atoms with E-state index in [2.05, 4.69) is 26.0 Å². The Kier molecular flexibility index (Phi) is 7.21. The highest BCUT2D eigenvalue weighted by Gasteiger charge is 2.34. The van der Waals surface area contributed by atoms with Crippen LogP contribution < -0.4 is 14.8 Å². The number of amides is 3. The zero-order valence-corrected chi connectivity index (χ0v) is 20.5. The molecule has 1 N–H and O–H groups in total. The standard InChI is InChI=1S/C25H21BrN2O7/c1-32-21-12-17(26)10-16(22(21)34-14-15-6-4-3-5-7-15)11-19-23(29)28(25(31)27-19)13-18-8-9-20(35-18)24(30)33-2/h3-12H,13-14H2,1-2H3,(H,27,31)/b19-11+. The highest BCUT2D eigenvalue weighted by atomic mass is 79.9. The number of halogens is 1. The van der Waals surface area contributed by atoms with Crippen LogP contribution in [-0.4, -0.2) is 37.0 Å². The van der Waals surface area contributed by atoms with Crippen LogP contribution >= 0.6 is 15.9 Å². The molecule has 0 atom stereocenters. The molecule has 1 saturated heterocycles. The lowest BCUT2D eigenvalue weighted by Crippen LogP contribution is -2.30. The molecule has 0 bridgehead atoms. The molecule has 4 rings (SSSR count). The Morgan fingerprint density at radius 2 is 1.89 bits per heavy atom. The number of urea groups is 1. The number of hydrogen-bond acceptors (Lipinski definition) is 7. The fourth-order valence-electron chi connectivity index (χ4n) is 3.43. The van der Waals surface area contributed by atoms with Crippen molar-refractivity contribution in [1.82, 2.24) is 10.2 Å². The Morgan fingerprint density at radius 3 is 2.60 bits per heavy atom. The summed E-state index contributed by atoms with van der Waals surface area (Å²) < 4.78 is 22.2. The number of carbonyl (C=O) groups is 3. The third-order valence-electron chi connectivity index (χ3n) is 5.12. The molecule has 1 aliphatic rings. The van der Waals surface area contributed by atoms with Crippen molar-refractivity contribution in [3.8, 4) is 11.5 Å². The molecule has 0 radical (unpaired) electrons. The number of ether oxygens (including phenoxy) is 3. The molecule has 2 heterocycles. The van der Waals surface area contributed by atoms with Crippen molar-refractivity contribution in [3.63, 3.8) is 0 Å². The second-order valence-electron chi connectivity index (χ2n) is 7.44. The second-order valence-corrected chi connectivity index (χ2v) is 8.35. The van der Waals surface area contributed by atoms with Crippen LogP contribution in [0.4, 0.5) is 4.79 Å². The minimum absolute atomic E-state index is 0.0215. The van der Waals surface area contributed by atoms with E-state index in [0.717, 1.165) is 10.5 Å². The molecule has 3 aromatic rings. The molecule has 1 aliphatic heterocycles. The van der Waals surface area contributed by atoms with Crippen molar-refractivity contribution >= 4 is 39.9 Å². The molecule has 9 nitrogen and oxygen atoms in total. The van der Waals surface area contributed by atoms with E-state index in [0.29, 0.717) is 21.5 Å². The minimum atomic E-state index is -0.652. The summed E-state index contributed by atoms with van der Waals surface area (Å²) in [5, 5.41) is 2.57. The van der Waals surface area contributed by atoms with Gasteiger partial charge in [-0.3, -0.25) is 9.69 Å². The van der Waals surface area contributed by atoms with Crippen LogP contribution in [0.3, 0.4) is 0 Å². The predicted octanol–water partition coefficient (Wildman–Crippen LogP) is 4.51. The first-order valence-corrected chi connectivity index (χ1v) is 11.2. The van der Waals surface area contributed by atoms with Gasteiger partial charge in [-0.2, -0.15) is 0 Å². The number of nitrogens with zero attached hydrogens (tertiary/aromatic N) is 1. The lowest BCUT2D eigenvalue weighted by Gasteiger charge is -2.15. The van der Waals surface area contributed by atoms with Crippen LogP contribution in [0.1, 0.15) is 27.4 Å². The largest absolute Gasteiger partial charge is 0.493 e. The fraction of sp³-hybridized carbons (Fsp3) is 0.160. The van der Waals surface area contributed by atoms with Crippen LogP contribution in [0.5, 0.6) is 11.5 Å². The zero-order valence-electron chi connectivity index (χ0n) is 18.9. The number of benzene rings is 2. The highest BCUT2D eigenvalue weighted by molar-refractivity contribution is 9.10. The van der Waals surface area contributed by atoms with Gasteiger partial charge in [-0.15, -0.1) is 0 Å². The predicted molar refractivity (Wildman–Crippen MR) is 129 cm³/mol. The van der Waals surface area contributed by atoms with Gasteiger partial charge in [-0.05, 0) is 35.9 Å². The van der Waals surface area contributed by atoms with Gasteiger partial charge in [0.1, 0.15) is 18.1 Å². The SMILES string of the molecule is COC(=O)c1ccc(CN2C(=O)N/C(=C/c3cc(Br)cc(OC)c3OCc3ccccc3)C2=O)o1. The van der Waals surface area contributed by atoms with Gasteiger partial charge in [-0.1, -0.05) is 46.3 Å². The number of methoxy groups -OCH3 is 2. The molecule has 1 fully saturated rings. The van der Waals surface area contributed by atoms with Gasteiger partial charge in [0.25, 0.3) is 5.91 Å². The quantitative estimate of drug-likeness (QED) is 0.254. The average Bonchev–Trinajstić information content (AvgIpc) is 3.43. The van der Waals surface area contributed by atoms with Crippen LogP contribution in [0.15, 0.2) is 69.2 Å². The molecular formula is C25H21BrN2O7. The molecule has 35 heavy (non-hydrogen) atoms. The van der Waals surface area contributed by atoms with Crippen molar-refractivity contribution in [1.29, 1.82) is 0 Å². The molecule has 2 aromatic carbocycles. The van der Waals surface area contributed by atoms with Crippen molar-refractivity contribution < 1.29 is 33.0 Å². The number of esters is 1. The van der Waals surface area contributed by atoms with Crippen molar-refractivity contribution in [2.45, 2.75) is 13.2 Å². The monoisotopic (exact) mass is 540 g/mol. The number of hydrogen-bond donors (Lipinski definition) is 1. The average molecular weight is 541 g/mol. The van der Waals surface area contributed by atoms with E-state index < -0.39 is 17.9 Å². The Labute approximate surface area is 209 Å². The lowest BCUT2D eigenvalue weighted by molar-refractivity contribution is -0.123. The van der Waals surface area contributed by atoms with E-state index in [1.165, 1.54) is 32.4 Å². The van der Waals surface area contributed by atoms with Crippen LogP contribution in [0.2, 0.25) is 0 Å². The lowest BCUT2D eigenvalue weighted by atomic mass is 10.1. The van der Waals surface area contributed by atoms with E-state index in [9.17, 15) is 14.4 Å². The van der Waals surface area contributed by atoms with Crippen LogP contribution in [0, 0.1) is 0 Å². The third kappa shape index (κ3) is 5.38. The molecule has 3 amide bonds. The van der Waals surface area contributed by atoms with Crippen molar-refractivity contribution in [2.24, 2.45) is 0 Å². The maximum absolute atomic E-state index is 13.0. The van der Waals surface area contributed by atoms with Crippen LogP contribution in [0.25, 0.3) is 6.08 Å². The van der Waals surface area contributed by atoms with E-state index in [4.69, 9.17) is 13.9 Å². The molecule has 10 heteroatoms. The summed E-state index contributed by atoms with van der Waals surface area (Å²) in [5.74, 6) is -0.0967. The van der Waals surface area contributed by atoms with Gasteiger partial charge in [-0.25, -0.2) is 9.59 Å². The smallest absolute Gasteiger partial charge is 0.373 e. The first-order valence-electron chi connectivity index (χ1n) is 10.5. The number of imide groups is 1. The molecule has 0 saturated carbocycles. The highest BCUT2D eigenvalue weighted by Crippen LogP contribution is 2.37. The normalized spacial score (nSPS) is 14.3. The molecule has 180 valence electrons. The van der Waals surface area contributed by atoms with Crippen molar-refractivity contribution in [3.05, 3.63) is 87.4 Å². The summed E-state index contributed by atoms with van der Waals surface area (Å²) in [5.41, 5.74) is 1.54.